The average molecular weight is 208 g/mol. The molecule has 3 heterocycles. The summed E-state index contributed by atoms with van der Waals surface area (Å²) in [6.07, 6.45) is 8.79. The van der Waals surface area contributed by atoms with Crippen molar-refractivity contribution in [3.63, 3.8) is 0 Å². The zero-order valence-corrected chi connectivity index (χ0v) is 9.32. The Balaban J connectivity index is 1.79. The summed E-state index contributed by atoms with van der Waals surface area (Å²) >= 11 is 0. The van der Waals surface area contributed by atoms with Crippen molar-refractivity contribution in [1.82, 2.24) is 9.80 Å². The fourth-order valence-corrected chi connectivity index (χ4v) is 3.47. The monoisotopic (exact) mass is 208 g/mol. The van der Waals surface area contributed by atoms with E-state index in [-0.39, 0.29) is 0 Å². The minimum absolute atomic E-state index is 0.343. The third-order valence-electron chi connectivity index (χ3n) is 4.29. The molecule has 0 aromatic heterocycles. The highest BCUT2D eigenvalue weighted by atomic mass is 16.2. The average Bonchev–Trinajstić information content (AvgIpc) is 2.30. The summed E-state index contributed by atoms with van der Waals surface area (Å²) in [6.45, 7) is 2.01. The van der Waals surface area contributed by atoms with E-state index in [1.165, 1.54) is 44.9 Å². The number of hydrogen-bond acceptors (Lipinski definition) is 1. The quantitative estimate of drug-likeness (QED) is 0.598. The van der Waals surface area contributed by atoms with Gasteiger partial charge in [0.15, 0.2) is 0 Å². The van der Waals surface area contributed by atoms with Gasteiger partial charge in [0.1, 0.15) is 0 Å². The molecule has 3 fully saturated rings. The third kappa shape index (κ3) is 1.52. The van der Waals surface area contributed by atoms with Crippen molar-refractivity contribution in [2.75, 3.05) is 13.1 Å². The van der Waals surface area contributed by atoms with Gasteiger partial charge in [-0.1, -0.05) is 0 Å². The zero-order chi connectivity index (χ0) is 10.3. The Morgan fingerprint density at radius 3 is 1.93 bits per heavy atom. The molecule has 0 saturated carbocycles. The molecular weight excluding hydrogens is 188 g/mol. The van der Waals surface area contributed by atoms with Crippen molar-refractivity contribution < 1.29 is 4.79 Å². The van der Waals surface area contributed by atoms with Gasteiger partial charge in [-0.15, -0.1) is 0 Å². The Morgan fingerprint density at radius 1 is 0.867 bits per heavy atom. The van der Waals surface area contributed by atoms with Crippen LogP contribution in [0.15, 0.2) is 0 Å². The smallest absolute Gasteiger partial charge is 0.320 e. The van der Waals surface area contributed by atoms with Gasteiger partial charge in [-0.05, 0) is 44.9 Å². The fourth-order valence-electron chi connectivity index (χ4n) is 3.47. The minimum Gasteiger partial charge on any atom is -0.322 e. The summed E-state index contributed by atoms with van der Waals surface area (Å²) in [5.41, 5.74) is 0. The van der Waals surface area contributed by atoms with Gasteiger partial charge in [0.2, 0.25) is 0 Å². The standard InChI is InChI=1S/C12H20N2O/c15-12-13-7-3-1-5-10(13)9-11-6-2-4-8-14(11)12/h10-11H,1-9H2. The highest BCUT2D eigenvalue weighted by molar-refractivity contribution is 5.76. The summed E-state index contributed by atoms with van der Waals surface area (Å²) in [5.74, 6) is 0. The number of piperidine rings is 2. The number of carbonyl (C=O) groups excluding carboxylic acids is 1. The lowest BCUT2D eigenvalue weighted by Crippen LogP contribution is -2.61. The van der Waals surface area contributed by atoms with Crippen LogP contribution in [0.4, 0.5) is 4.79 Å². The molecule has 84 valence electrons. The summed E-state index contributed by atoms with van der Waals surface area (Å²) in [6, 6.07) is 1.49. The predicted molar refractivity (Wildman–Crippen MR) is 58.7 cm³/mol. The van der Waals surface area contributed by atoms with Crippen LogP contribution in [0, 0.1) is 0 Å². The summed E-state index contributed by atoms with van der Waals surface area (Å²) in [4.78, 5) is 16.5. The van der Waals surface area contributed by atoms with Gasteiger partial charge in [-0.2, -0.15) is 0 Å². The number of urea groups is 1. The van der Waals surface area contributed by atoms with Crippen LogP contribution in [0.2, 0.25) is 0 Å². The van der Waals surface area contributed by atoms with E-state index in [1.807, 2.05) is 0 Å². The Morgan fingerprint density at radius 2 is 1.40 bits per heavy atom. The number of nitrogens with zero attached hydrogens (tertiary/aromatic N) is 2. The van der Waals surface area contributed by atoms with Crippen LogP contribution >= 0.6 is 0 Å². The lowest BCUT2D eigenvalue weighted by Gasteiger charge is -2.50. The molecule has 15 heavy (non-hydrogen) atoms. The van der Waals surface area contributed by atoms with Crippen molar-refractivity contribution in [3.05, 3.63) is 0 Å². The number of fused-ring (bicyclic) bond motifs is 2. The van der Waals surface area contributed by atoms with Crippen molar-refractivity contribution >= 4 is 6.03 Å². The highest BCUT2D eigenvalue weighted by Crippen LogP contribution is 2.33. The molecule has 3 nitrogen and oxygen atoms in total. The van der Waals surface area contributed by atoms with Gasteiger partial charge in [-0.3, -0.25) is 0 Å². The predicted octanol–water partition coefficient (Wildman–Crippen LogP) is 2.22. The second-order valence-electron chi connectivity index (χ2n) is 5.20. The van der Waals surface area contributed by atoms with Crippen LogP contribution in [-0.4, -0.2) is 41.0 Å². The zero-order valence-electron chi connectivity index (χ0n) is 9.32. The first-order valence-corrected chi connectivity index (χ1v) is 6.43. The molecule has 0 spiro atoms. The van der Waals surface area contributed by atoms with Crippen molar-refractivity contribution in [2.45, 2.75) is 57.0 Å². The minimum atomic E-state index is 0.343. The molecule has 2 atom stereocenters. The second kappa shape index (κ2) is 3.69. The summed E-state index contributed by atoms with van der Waals surface area (Å²) in [7, 11) is 0. The molecule has 3 aliphatic rings. The van der Waals surface area contributed by atoms with Crippen LogP contribution in [0.1, 0.15) is 44.9 Å². The van der Waals surface area contributed by atoms with E-state index in [0.29, 0.717) is 18.1 Å². The molecule has 0 aliphatic carbocycles. The second-order valence-corrected chi connectivity index (χ2v) is 5.20. The molecule has 2 amide bonds. The topological polar surface area (TPSA) is 23.6 Å². The van der Waals surface area contributed by atoms with E-state index >= 15 is 0 Å². The van der Waals surface area contributed by atoms with Crippen LogP contribution in [0.5, 0.6) is 0 Å². The molecule has 3 rings (SSSR count). The maximum Gasteiger partial charge on any atom is 0.320 e. The maximum absolute atomic E-state index is 12.2. The van der Waals surface area contributed by atoms with E-state index in [2.05, 4.69) is 9.80 Å². The van der Waals surface area contributed by atoms with Crippen LogP contribution in [0.25, 0.3) is 0 Å². The maximum atomic E-state index is 12.2. The van der Waals surface area contributed by atoms with E-state index in [1.54, 1.807) is 0 Å². The van der Waals surface area contributed by atoms with E-state index in [4.69, 9.17) is 0 Å². The molecular formula is C12H20N2O. The molecule has 3 saturated heterocycles. The lowest BCUT2D eigenvalue weighted by atomic mass is 9.88. The number of amides is 2. The highest BCUT2D eigenvalue weighted by Gasteiger charge is 2.40. The number of rotatable bonds is 0. The Bertz CT molecular complexity index is 242. The van der Waals surface area contributed by atoms with Crippen molar-refractivity contribution in [2.24, 2.45) is 0 Å². The van der Waals surface area contributed by atoms with Crippen LogP contribution < -0.4 is 0 Å². The molecule has 0 aromatic rings. The van der Waals surface area contributed by atoms with E-state index in [0.717, 1.165) is 13.1 Å². The first-order chi connectivity index (χ1) is 7.36. The fraction of sp³-hybridized carbons (Fsp3) is 0.917. The third-order valence-corrected chi connectivity index (χ3v) is 4.29. The molecule has 0 aromatic carbocycles. The summed E-state index contributed by atoms with van der Waals surface area (Å²) < 4.78 is 0. The molecule has 0 radical (unpaired) electrons. The molecule has 3 aliphatic heterocycles. The Labute approximate surface area is 91.4 Å². The first-order valence-electron chi connectivity index (χ1n) is 6.43. The van der Waals surface area contributed by atoms with Crippen LogP contribution in [-0.2, 0) is 0 Å². The van der Waals surface area contributed by atoms with Gasteiger partial charge in [0, 0.05) is 25.2 Å². The number of hydrogen-bond donors (Lipinski definition) is 0. The van der Waals surface area contributed by atoms with Gasteiger partial charge in [0.25, 0.3) is 0 Å². The van der Waals surface area contributed by atoms with Gasteiger partial charge >= 0.3 is 6.03 Å². The van der Waals surface area contributed by atoms with Gasteiger partial charge in [-0.25, -0.2) is 4.79 Å². The Kier molecular flexibility index (Phi) is 2.33. The molecule has 2 unspecified atom stereocenters. The largest absolute Gasteiger partial charge is 0.322 e. The lowest BCUT2D eigenvalue weighted by molar-refractivity contribution is 0.0358. The normalized spacial score (nSPS) is 36.1. The van der Waals surface area contributed by atoms with Gasteiger partial charge < -0.3 is 9.80 Å². The van der Waals surface area contributed by atoms with Crippen LogP contribution in [0.3, 0.4) is 0 Å². The van der Waals surface area contributed by atoms with Gasteiger partial charge in [0.05, 0.1) is 0 Å². The first kappa shape index (κ1) is 9.49. The van der Waals surface area contributed by atoms with E-state index in [9.17, 15) is 4.79 Å². The van der Waals surface area contributed by atoms with E-state index < -0.39 is 0 Å². The SMILES string of the molecule is O=C1N2CCCCC2CC2CCCCN12. The number of carbonyl (C=O) groups is 1. The molecule has 3 heteroatoms. The summed E-state index contributed by atoms with van der Waals surface area (Å²) in [5, 5.41) is 0. The Hall–Kier alpha value is -0.730. The molecule has 0 N–H and O–H groups in total. The van der Waals surface area contributed by atoms with Crippen molar-refractivity contribution in [1.29, 1.82) is 0 Å². The van der Waals surface area contributed by atoms with Crippen molar-refractivity contribution in [3.8, 4) is 0 Å². The molecule has 0 bridgehead atoms.